The Kier molecular flexibility index (Phi) is 9.13. The molecule has 4 amide bonds. The van der Waals surface area contributed by atoms with Gasteiger partial charge in [-0.05, 0) is 130 Å². The summed E-state index contributed by atoms with van der Waals surface area (Å²) in [5.74, 6) is -4.84. The van der Waals surface area contributed by atoms with Crippen LogP contribution in [0.1, 0.15) is 42.4 Å². The number of thiophene rings is 1. The normalized spacial score (nSPS) is 25.6. The third-order valence-corrected chi connectivity index (χ3v) is 16.7. The van der Waals surface area contributed by atoms with Gasteiger partial charge >= 0.3 is 0 Å². The number of aromatic hydroxyl groups is 1. The van der Waals surface area contributed by atoms with Crippen LogP contribution in [0.3, 0.4) is 0 Å². The molecule has 0 radical (unpaired) electrons. The number of carbonyl (C=O) groups is 4. The lowest BCUT2D eigenvalue weighted by Gasteiger charge is -2.49. The van der Waals surface area contributed by atoms with Crippen molar-refractivity contribution < 1.29 is 29.0 Å². The molecule has 6 unspecified atom stereocenters. The number of ether oxygens (including phenoxy) is 1. The molecule has 2 aliphatic carbocycles. The highest BCUT2D eigenvalue weighted by atomic mass is 79.9. The minimum Gasteiger partial charge on any atom is -0.503 e. The van der Waals surface area contributed by atoms with Crippen molar-refractivity contribution in [2.75, 3.05) is 16.9 Å². The molecule has 9 rings (SSSR count). The predicted octanol–water partition coefficient (Wildman–Crippen LogP) is 9.90. The second-order valence-corrected chi connectivity index (χ2v) is 18.9. The van der Waals surface area contributed by atoms with Crippen LogP contribution < -0.4 is 14.5 Å². The zero-order valence-corrected chi connectivity index (χ0v) is 36.7. The van der Waals surface area contributed by atoms with Crippen LogP contribution >= 0.6 is 66.4 Å². The van der Waals surface area contributed by atoms with E-state index in [1.54, 1.807) is 53.4 Å². The van der Waals surface area contributed by atoms with Gasteiger partial charge in [0.2, 0.25) is 23.6 Å². The Bertz CT molecular complexity index is 2690. The van der Waals surface area contributed by atoms with Crippen LogP contribution in [0.4, 0.5) is 11.5 Å². The Morgan fingerprint density at radius 2 is 1.70 bits per heavy atom. The Morgan fingerprint density at radius 1 is 0.947 bits per heavy atom. The summed E-state index contributed by atoms with van der Waals surface area (Å²) in [5, 5.41) is 17.9. The maximum absolute atomic E-state index is 15.3. The number of phenolic OH excluding ortho intramolecular Hbond substituents is 1. The molecule has 57 heavy (non-hydrogen) atoms. The molecule has 2 saturated heterocycles. The first kappa shape index (κ1) is 38.5. The second-order valence-electron chi connectivity index (χ2n) is 15.5. The first-order chi connectivity index (χ1) is 27.1. The van der Waals surface area contributed by atoms with E-state index < -0.39 is 46.8 Å². The van der Waals surface area contributed by atoms with Gasteiger partial charge in [0.1, 0.15) is 11.5 Å². The molecule has 4 heterocycles. The first-order valence-corrected chi connectivity index (χ1v) is 21.4. The van der Waals surface area contributed by atoms with E-state index in [0.29, 0.717) is 41.8 Å². The van der Waals surface area contributed by atoms with Crippen molar-refractivity contribution in [2.45, 2.75) is 39.5 Å². The number of rotatable bonds is 5. The van der Waals surface area contributed by atoms with E-state index in [0.717, 1.165) is 31.7 Å². The number of imide groups is 2. The third-order valence-electron chi connectivity index (χ3n) is 12.6. The van der Waals surface area contributed by atoms with Crippen LogP contribution in [0.25, 0.3) is 20.7 Å². The number of allylic oxidation sites excluding steroid dienone is 2. The van der Waals surface area contributed by atoms with E-state index in [1.807, 2.05) is 45.0 Å². The fourth-order valence-corrected chi connectivity index (χ4v) is 12.2. The van der Waals surface area contributed by atoms with E-state index in [-0.39, 0.29) is 36.2 Å². The smallest absolute Gasteiger partial charge is 0.242 e. The Hall–Kier alpha value is -4.01. The molecule has 0 spiro atoms. The molecule has 4 aliphatic rings. The maximum atomic E-state index is 15.3. The quantitative estimate of drug-likeness (QED) is 0.138. The predicted molar refractivity (Wildman–Crippen MR) is 227 cm³/mol. The Balaban J connectivity index is 1.19. The van der Waals surface area contributed by atoms with Crippen molar-refractivity contribution in [3.8, 4) is 22.1 Å². The number of halogens is 4. The highest BCUT2D eigenvalue weighted by Gasteiger charge is 2.68. The van der Waals surface area contributed by atoms with Gasteiger partial charge in [-0.3, -0.25) is 23.9 Å². The lowest BCUT2D eigenvalue weighted by Crippen LogP contribution is -2.49. The highest BCUT2D eigenvalue weighted by molar-refractivity contribution is 9.13. The van der Waals surface area contributed by atoms with E-state index >= 15 is 9.59 Å². The fraction of sp³-hybridized carbons (Fsp3) is 0.310. The summed E-state index contributed by atoms with van der Waals surface area (Å²) in [6.07, 6.45) is 2.41. The lowest BCUT2D eigenvalue weighted by molar-refractivity contribution is -0.131. The largest absolute Gasteiger partial charge is 0.503 e. The van der Waals surface area contributed by atoms with Gasteiger partial charge in [0.05, 0.1) is 45.3 Å². The van der Waals surface area contributed by atoms with Crippen LogP contribution in [0.2, 0.25) is 10.0 Å². The molecule has 1 N–H and O–H groups in total. The molecular weight excluding hydrogens is 919 g/mol. The van der Waals surface area contributed by atoms with Crippen LogP contribution in [0, 0.1) is 42.9 Å². The summed E-state index contributed by atoms with van der Waals surface area (Å²) in [6.45, 7) is 5.66. The average Bonchev–Trinajstić information content (AvgIpc) is 3.85. The van der Waals surface area contributed by atoms with Crippen LogP contribution in [-0.4, -0.2) is 45.6 Å². The number of fused-ring (bicyclic) bond motifs is 5. The van der Waals surface area contributed by atoms with Gasteiger partial charge in [-0.15, -0.1) is 11.3 Å². The van der Waals surface area contributed by atoms with Gasteiger partial charge in [0.15, 0.2) is 11.5 Å². The van der Waals surface area contributed by atoms with Crippen molar-refractivity contribution in [3.05, 3.63) is 95.9 Å². The summed E-state index contributed by atoms with van der Waals surface area (Å²) in [4.78, 5) is 62.4. The maximum Gasteiger partial charge on any atom is 0.242 e. The number of aromatic nitrogens is 2. The monoisotopic (exact) mass is 950 g/mol. The molecule has 15 heteroatoms. The SMILES string of the molecule is COc1cc(C2C3=CCC4C(=O)N(c5ccc(C)c(Cl)c5)C(=O)C4C3CC3C(=O)N(c4cc(-c5sc6ccc(Cl)cc6c5C)nn4C)C(=O)C32C)c(Br)c(Br)c1O. The number of carbonyl (C=O) groups excluding carboxylic acids is 4. The molecule has 3 aromatic carbocycles. The van der Waals surface area contributed by atoms with Crippen LogP contribution in [0.15, 0.2) is 69.1 Å². The molecule has 6 atom stereocenters. The molecular formula is C42H34Br2Cl2N4O6S. The number of hydrogen-bond donors (Lipinski definition) is 1. The molecule has 1 saturated carbocycles. The number of methoxy groups -OCH3 is 1. The zero-order valence-electron chi connectivity index (χ0n) is 31.2. The topological polar surface area (TPSA) is 122 Å². The summed E-state index contributed by atoms with van der Waals surface area (Å²) in [7, 11) is 3.15. The molecule has 3 fully saturated rings. The highest BCUT2D eigenvalue weighted by Crippen LogP contribution is 2.65. The summed E-state index contributed by atoms with van der Waals surface area (Å²) >= 11 is 21.6. The Labute approximate surface area is 358 Å². The van der Waals surface area contributed by atoms with Crippen molar-refractivity contribution in [1.29, 1.82) is 0 Å². The van der Waals surface area contributed by atoms with Gasteiger partial charge in [-0.2, -0.15) is 5.10 Å². The van der Waals surface area contributed by atoms with E-state index in [1.165, 1.54) is 16.9 Å². The minimum atomic E-state index is -1.36. The van der Waals surface area contributed by atoms with Crippen molar-refractivity contribution in [3.63, 3.8) is 0 Å². The lowest BCUT2D eigenvalue weighted by atomic mass is 9.51. The molecule has 2 aliphatic heterocycles. The van der Waals surface area contributed by atoms with Gasteiger partial charge in [-0.1, -0.05) is 40.9 Å². The number of aryl methyl sites for hydroxylation is 3. The number of amides is 4. The van der Waals surface area contributed by atoms with Gasteiger partial charge in [-0.25, -0.2) is 9.80 Å². The second kappa shape index (κ2) is 13.5. The number of nitrogens with zero attached hydrogens (tertiary/aromatic N) is 4. The molecule has 2 aromatic heterocycles. The summed E-state index contributed by atoms with van der Waals surface area (Å²) < 4.78 is 8.97. The van der Waals surface area contributed by atoms with Crippen molar-refractivity contribution in [1.82, 2.24) is 9.78 Å². The fourth-order valence-electron chi connectivity index (χ4n) is 9.75. The van der Waals surface area contributed by atoms with Gasteiger partial charge < -0.3 is 9.84 Å². The molecule has 5 aromatic rings. The van der Waals surface area contributed by atoms with Crippen molar-refractivity contribution in [2.24, 2.45) is 36.1 Å². The van der Waals surface area contributed by atoms with Crippen LogP contribution in [0.5, 0.6) is 11.5 Å². The van der Waals surface area contributed by atoms with E-state index in [9.17, 15) is 14.7 Å². The van der Waals surface area contributed by atoms with E-state index in [2.05, 4.69) is 31.9 Å². The average molecular weight is 954 g/mol. The number of benzene rings is 3. The zero-order chi connectivity index (χ0) is 40.6. The Morgan fingerprint density at radius 3 is 2.42 bits per heavy atom. The third kappa shape index (κ3) is 5.41. The number of phenols is 1. The summed E-state index contributed by atoms with van der Waals surface area (Å²) in [5.41, 5.74) is 2.82. The van der Waals surface area contributed by atoms with Crippen molar-refractivity contribution >= 4 is 112 Å². The summed E-state index contributed by atoms with van der Waals surface area (Å²) in [6, 6.07) is 14.3. The standard InChI is InChI=1S/C42H34Br2Cl2N4O6S/c1-17-6-8-20(13-27(17)46)49-38(52)22-10-9-21-24(32(22)40(49)54)14-26-39(53)50(41(55)42(26,3)33(21)25-15-29(56-5)36(51)35(44)34(25)43)31-16-28(47-48(31)4)37-18(2)23-12-19(45)7-11-30(23)57-37/h6-9,11-13,15-16,22,24,26,32-33,51H,10,14H2,1-5H3. The number of anilines is 2. The molecule has 0 bridgehead atoms. The van der Waals surface area contributed by atoms with E-state index in [4.69, 9.17) is 33.0 Å². The molecule has 292 valence electrons. The number of hydrogen-bond acceptors (Lipinski definition) is 8. The van der Waals surface area contributed by atoms with Crippen LogP contribution in [-0.2, 0) is 26.2 Å². The molecule has 10 nitrogen and oxygen atoms in total. The van der Waals surface area contributed by atoms with Gasteiger partial charge in [0.25, 0.3) is 0 Å². The minimum absolute atomic E-state index is 0.138. The van der Waals surface area contributed by atoms with Gasteiger partial charge in [0, 0.05) is 38.2 Å². The first-order valence-electron chi connectivity index (χ1n) is 18.3.